The molecule has 0 saturated heterocycles. The molecule has 13 heteroatoms. The second-order valence-electron chi connectivity index (χ2n) is 32.6. The molecule has 0 aromatic heterocycles. The average molecular weight is 1380 g/mol. The van der Waals surface area contributed by atoms with E-state index in [0.29, 0.717) is 32.0 Å². The van der Waals surface area contributed by atoms with Crippen LogP contribution in [0.15, 0.2) is 129 Å². The Balaban J connectivity index is 0.000000548. The normalized spacial score (nSPS) is 12.4. The van der Waals surface area contributed by atoms with Gasteiger partial charge in [0.15, 0.2) is 0 Å². The van der Waals surface area contributed by atoms with Crippen molar-refractivity contribution in [3.05, 3.63) is 187 Å². The van der Waals surface area contributed by atoms with Crippen LogP contribution in [0.4, 0.5) is 0 Å². The van der Waals surface area contributed by atoms with E-state index in [0.717, 1.165) is 38.4 Å². The number of methoxy groups -OCH3 is 3. The summed E-state index contributed by atoms with van der Waals surface area (Å²) in [4.78, 5) is 26.6. The van der Waals surface area contributed by atoms with Crippen molar-refractivity contribution < 1.29 is 33.9 Å². The number of esters is 1. The monoisotopic (exact) mass is 1380 g/mol. The number of hydrogen-bond donors (Lipinski definition) is 1. The van der Waals surface area contributed by atoms with E-state index in [1.165, 1.54) is 83.7 Å². The Morgan fingerprint density at radius 3 is 0.713 bits per heavy atom. The Hall–Kier alpha value is -2.48. The maximum atomic E-state index is 12.6. The Kier molecular flexibility index (Phi) is 35.2. The molecule has 0 spiro atoms. The molecule has 0 atom stereocenters. The van der Waals surface area contributed by atoms with E-state index < -0.39 is 0 Å². The molecule has 1 N–H and O–H groups in total. The molecule has 0 bridgehead atoms. The molecule has 0 aliphatic heterocycles. The van der Waals surface area contributed by atoms with Gasteiger partial charge in [-0.25, -0.2) is 14.6 Å². The van der Waals surface area contributed by atoms with Gasteiger partial charge in [-0.2, -0.15) is 0 Å². The predicted molar refractivity (Wildman–Crippen MR) is 414 cm³/mol. The fraction of sp³-hybridized carbons (Fsp3) is 0.543. The fourth-order valence-corrected chi connectivity index (χ4v) is 13.3. The van der Waals surface area contributed by atoms with Crippen molar-refractivity contribution in [1.82, 2.24) is 0 Å². The molecule has 6 rings (SSSR count). The van der Waals surface area contributed by atoms with Gasteiger partial charge in [0.1, 0.15) is 30.6 Å². The number of hydrogen-bond acceptors (Lipinski definition) is 11. The molecule has 6 aromatic carbocycles. The minimum atomic E-state index is -0.297. The van der Waals surface area contributed by atoms with Gasteiger partial charge in [-0.15, -0.1) is 47.0 Å². The summed E-state index contributed by atoms with van der Waals surface area (Å²) < 4.78 is 14.6. The standard InChI is InChI=1S/C38H52O2S2.C37H52OS2.C6H14O4.Al.Na.2H/c1-35(2,3)28-14-25(15-29(20-28)36(4,5)6)23-41-32-18-27(34(39)40-13)19-33(22-32)42-24-26-16-30(37(7,8)9)21-31(17-26)38(10,11)12;1-34(2,3)28-13-26(14-29(19-28)35(4,5)6)23-39-32-17-25(22-38)18-33(21-32)40-24-27-15-30(36(7,8)9)20-31(16-27)37(10,11)12;1-7-3-5-9-10-6-4-8-2;;;;/h14-22H,23-24H2,1-13H3;13-21,38H,22-24H2,1-12H3;3-6H2,1-2H3;;;;. The number of ether oxygens (including phenoxy) is 3. The van der Waals surface area contributed by atoms with E-state index in [9.17, 15) is 9.90 Å². The number of rotatable bonds is 21. The predicted octanol–water partition coefficient (Wildman–Crippen LogP) is 21.1. The number of aliphatic hydroxyl groups is 1. The zero-order valence-electron chi connectivity index (χ0n) is 63.8. The first kappa shape index (κ1) is 87.6. The average Bonchev–Trinajstić information content (AvgIpc) is 0.841. The summed E-state index contributed by atoms with van der Waals surface area (Å²) in [6, 6.07) is 41.1. The summed E-state index contributed by atoms with van der Waals surface area (Å²) in [6.07, 6.45) is 0. The Morgan fingerprint density at radius 1 is 0.319 bits per heavy atom. The van der Waals surface area contributed by atoms with E-state index in [1.54, 1.807) is 37.7 Å². The molecule has 7 nitrogen and oxygen atoms in total. The summed E-state index contributed by atoms with van der Waals surface area (Å²) in [7, 11) is 4.67. The van der Waals surface area contributed by atoms with Crippen LogP contribution in [0, 0.1) is 0 Å². The molecule has 6 aromatic rings. The Labute approximate surface area is 621 Å². The third-order valence-corrected chi connectivity index (χ3v) is 20.0. The van der Waals surface area contributed by atoms with Crippen LogP contribution in [0.3, 0.4) is 0 Å². The van der Waals surface area contributed by atoms with Crippen molar-refractivity contribution in [2.24, 2.45) is 0 Å². The minimum Gasteiger partial charge on any atom is -0.465 e. The zero-order chi connectivity index (χ0) is 69.4. The van der Waals surface area contributed by atoms with Crippen molar-refractivity contribution in [2.45, 2.75) is 259 Å². The van der Waals surface area contributed by atoms with Crippen molar-refractivity contribution in [1.29, 1.82) is 0 Å². The maximum absolute atomic E-state index is 12.6. The SMILES string of the molecule is CC(C)(C)c1cc(CSc2cc(CO)cc(SCc3cc(C(C)(C)C)cc(C(C)(C)C)c3)c2)cc(C(C)(C)C)c1.COC(=O)c1cc(SCc2cc(C(C)(C)C)cc(C(C)(C)C)c2)cc(SCc2cc(C(C)(C)C)cc(C(C)(C)C)c2)c1.COCCOOCCOC.[AlH2].[Na]. The minimum absolute atomic E-state index is 0. The summed E-state index contributed by atoms with van der Waals surface area (Å²) in [5, 5.41) is 10.0. The van der Waals surface area contributed by atoms with E-state index in [4.69, 9.17) is 14.2 Å². The first-order valence-corrected chi connectivity index (χ1v) is 36.6. The quantitative estimate of drug-likeness (QED) is 0.0187. The molecular weight excluding hydrogens is 1260 g/mol. The summed E-state index contributed by atoms with van der Waals surface area (Å²) >= 11 is 7.29. The molecule has 0 amide bonds. The molecular formula is C81H120AlNaO7S4. The number of benzene rings is 6. The van der Waals surface area contributed by atoms with Gasteiger partial charge in [-0.3, -0.25) is 0 Å². The molecule has 0 heterocycles. The summed E-state index contributed by atoms with van der Waals surface area (Å²) in [5.41, 5.74) is 18.7. The molecule has 514 valence electrons. The van der Waals surface area contributed by atoms with Crippen molar-refractivity contribution in [3.8, 4) is 0 Å². The van der Waals surface area contributed by atoms with E-state index in [2.05, 4.69) is 273 Å². The smallest absolute Gasteiger partial charge is 0.337 e. The topological polar surface area (TPSA) is 83.5 Å². The van der Waals surface area contributed by atoms with Crippen LogP contribution in [0.25, 0.3) is 0 Å². The van der Waals surface area contributed by atoms with Crippen molar-refractivity contribution in [3.63, 3.8) is 0 Å². The first-order valence-electron chi connectivity index (χ1n) is 32.7. The van der Waals surface area contributed by atoms with Gasteiger partial charge in [0.05, 0.1) is 32.5 Å². The van der Waals surface area contributed by atoms with Gasteiger partial charge in [0.25, 0.3) is 0 Å². The number of carbonyl (C=O) groups is 1. The molecule has 0 unspecified atom stereocenters. The van der Waals surface area contributed by atoms with Crippen LogP contribution in [0.1, 0.15) is 249 Å². The maximum Gasteiger partial charge on any atom is 0.337 e. The van der Waals surface area contributed by atoms with Gasteiger partial charge in [-0.05, 0) is 152 Å². The van der Waals surface area contributed by atoms with E-state index in [1.807, 2.05) is 35.7 Å². The van der Waals surface area contributed by atoms with Crippen LogP contribution < -0.4 is 0 Å². The second kappa shape index (κ2) is 37.8. The zero-order valence-corrected chi connectivity index (χ0v) is 71.1. The van der Waals surface area contributed by atoms with E-state index in [-0.39, 0.29) is 103 Å². The van der Waals surface area contributed by atoms with E-state index >= 15 is 0 Å². The molecule has 94 heavy (non-hydrogen) atoms. The van der Waals surface area contributed by atoms with Crippen LogP contribution in [-0.4, -0.2) is 106 Å². The molecule has 0 saturated carbocycles. The van der Waals surface area contributed by atoms with Crippen LogP contribution in [0.5, 0.6) is 0 Å². The Bertz CT molecular complexity index is 2990. The third-order valence-electron chi connectivity index (χ3n) is 15.8. The van der Waals surface area contributed by atoms with Crippen molar-refractivity contribution >= 4 is 99.9 Å². The van der Waals surface area contributed by atoms with Crippen molar-refractivity contribution in [2.75, 3.05) is 47.8 Å². The first-order chi connectivity index (χ1) is 42.3. The van der Waals surface area contributed by atoms with Crippen LogP contribution >= 0.6 is 47.0 Å². The number of thioether (sulfide) groups is 4. The van der Waals surface area contributed by atoms with Crippen LogP contribution in [0.2, 0.25) is 0 Å². The summed E-state index contributed by atoms with van der Waals surface area (Å²) in [5.74, 6) is 3.20. The molecule has 2 radical (unpaired) electrons. The molecule has 0 aliphatic rings. The van der Waals surface area contributed by atoms with Gasteiger partial charge in [-0.1, -0.05) is 239 Å². The fourth-order valence-electron chi connectivity index (χ4n) is 9.45. The van der Waals surface area contributed by atoms with Gasteiger partial charge < -0.3 is 19.3 Å². The number of carbonyl (C=O) groups excluding carboxylic acids is 1. The van der Waals surface area contributed by atoms with Gasteiger partial charge in [0, 0.05) is 86.4 Å². The van der Waals surface area contributed by atoms with Gasteiger partial charge in [0.2, 0.25) is 0 Å². The molecule has 0 fully saturated rings. The largest absolute Gasteiger partial charge is 0.465 e. The third kappa shape index (κ3) is 30.2. The Morgan fingerprint density at radius 2 is 0.532 bits per heavy atom. The summed E-state index contributed by atoms with van der Waals surface area (Å²) in [6.45, 7) is 56.9. The second-order valence-corrected chi connectivity index (χ2v) is 36.8. The molecule has 0 aliphatic carbocycles. The van der Waals surface area contributed by atoms with Gasteiger partial charge >= 0.3 is 5.97 Å². The van der Waals surface area contributed by atoms with Crippen LogP contribution in [-0.2, 0) is 96.9 Å². The number of aliphatic hydroxyl groups excluding tert-OH is 1.